The van der Waals surface area contributed by atoms with Crippen LogP contribution in [0.1, 0.15) is 44.1 Å². The maximum atomic E-state index is 12.3. The van der Waals surface area contributed by atoms with Crippen LogP contribution in [0.25, 0.3) is 0 Å². The van der Waals surface area contributed by atoms with E-state index in [2.05, 4.69) is 0 Å². The van der Waals surface area contributed by atoms with Gasteiger partial charge in [-0.1, -0.05) is 19.1 Å². The van der Waals surface area contributed by atoms with Gasteiger partial charge in [0.2, 0.25) is 0 Å². The Hall–Kier alpha value is -1.20. The molecule has 122 valence electrons. The Balaban J connectivity index is 2.19. The zero-order valence-electron chi connectivity index (χ0n) is 13.2. The summed E-state index contributed by atoms with van der Waals surface area (Å²) in [7, 11) is -3.20. The molecule has 5 heteroatoms. The molecule has 1 fully saturated rings. The molecule has 1 heterocycles. The molecular weight excluding hydrogens is 300 g/mol. The first kappa shape index (κ1) is 17.2. The molecule has 1 aromatic rings. The lowest BCUT2D eigenvalue weighted by Gasteiger charge is -2.26. The van der Waals surface area contributed by atoms with Gasteiger partial charge in [-0.25, -0.2) is 8.42 Å². The third-order valence-electron chi connectivity index (χ3n) is 4.36. The summed E-state index contributed by atoms with van der Waals surface area (Å²) in [5, 5.41) is 0. The van der Waals surface area contributed by atoms with E-state index in [1.807, 2.05) is 6.92 Å². The van der Waals surface area contributed by atoms with E-state index in [1.54, 1.807) is 24.3 Å². The fourth-order valence-electron chi connectivity index (χ4n) is 2.96. The van der Waals surface area contributed by atoms with Crippen molar-refractivity contribution in [3.05, 3.63) is 29.8 Å². The molecule has 22 heavy (non-hydrogen) atoms. The van der Waals surface area contributed by atoms with Crippen molar-refractivity contribution < 1.29 is 17.9 Å². The highest BCUT2D eigenvalue weighted by Crippen LogP contribution is 2.31. The normalized spacial score (nSPS) is 18.1. The van der Waals surface area contributed by atoms with Crippen LogP contribution in [0.5, 0.6) is 0 Å². The quantitative estimate of drug-likeness (QED) is 0.807. The predicted molar refractivity (Wildman–Crippen MR) is 85.8 cm³/mol. The highest BCUT2D eigenvalue weighted by Gasteiger charge is 2.25. The van der Waals surface area contributed by atoms with Crippen LogP contribution >= 0.6 is 0 Å². The molecule has 1 saturated heterocycles. The Morgan fingerprint density at radius 1 is 1.23 bits per heavy atom. The van der Waals surface area contributed by atoms with E-state index < -0.39 is 9.84 Å². The van der Waals surface area contributed by atoms with E-state index in [9.17, 15) is 13.2 Å². The number of rotatable bonds is 6. The number of benzene rings is 1. The molecule has 1 aliphatic rings. The van der Waals surface area contributed by atoms with Crippen LogP contribution in [0, 0.1) is 5.92 Å². The minimum atomic E-state index is -3.20. The van der Waals surface area contributed by atoms with Crippen molar-refractivity contribution >= 4 is 15.6 Å². The minimum absolute atomic E-state index is 0.137. The summed E-state index contributed by atoms with van der Waals surface area (Å²) in [5.74, 6) is 0.587. The molecule has 1 atom stereocenters. The fraction of sp³-hybridized carbons (Fsp3) is 0.588. The SMILES string of the molecule is CCC(=O)[C@H](CC1CCOCC1)c1ccc(S(C)(=O)=O)cc1. The Morgan fingerprint density at radius 3 is 2.32 bits per heavy atom. The zero-order chi connectivity index (χ0) is 16.2. The van der Waals surface area contributed by atoms with Crippen LogP contribution in [-0.4, -0.2) is 33.7 Å². The monoisotopic (exact) mass is 324 g/mol. The zero-order valence-corrected chi connectivity index (χ0v) is 14.1. The first-order chi connectivity index (χ1) is 10.4. The summed E-state index contributed by atoms with van der Waals surface area (Å²) < 4.78 is 28.5. The smallest absolute Gasteiger partial charge is 0.175 e. The third-order valence-corrected chi connectivity index (χ3v) is 5.49. The number of ketones is 1. The molecule has 0 bridgehead atoms. The molecule has 0 unspecified atom stereocenters. The van der Waals surface area contributed by atoms with Crippen LogP contribution in [0.2, 0.25) is 0 Å². The number of ether oxygens (including phenoxy) is 1. The molecule has 1 aliphatic heterocycles. The highest BCUT2D eigenvalue weighted by molar-refractivity contribution is 7.90. The lowest BCUT2D eigenvalue weighted by molar-refractivity contribution is -0.120. The second-order valence-corrected chi connectivity index (χ2v) is 8.02. The van der Waals surface area contributed by atoms with Crippen LogP contribution in [0.4, 0.5) is 0 Å². The summed E-state index contributed by atoms with van der Waals surface area (Å²) in [5.41, 5.74) is 0.922. The van der Waals surface area contributed by atoms with Gasteiger partial charge in [0.25, 0.3) is 0 Å². The van der Waals surface area contributed by atoms with Gasteiger partial charge < -0.3 is 4.74 Å². The van der Waals surface area contributed by atoms with Gasteiger partial charge in [-0.2, -0.15) is 0 Å². The lowest BCUT2D eigenvalue weighted by Crippen LogP contribution is -2.21. The maximum Gasteiger partial charge on any atom is 0.175 e. The summed E-state index contributed by atoms with van der Waals surface area (Å²) in [4.78, 5) is 12.6. The molecule has 2 rings (SSSR count). The number of hydrogen-bond donors (Lipinski definition) is 0. The largest absolute Gasteiger partial charge is 0.381 e. The van der Waals surface area contributed by atoms with Crippen LogP contribution in [-0.2, 0) is 19.4 Å². The third kappa shape index (κ3) is 4.40. The van der Waals surface area contributed by atoms with Gasteiger partial charge in [0.1, 0.15) is 5.78 Å². The Labute approximate surface area is 132 Å². The van der Waals surface area contributed by atoms with Gasteiger partial charge >= 0.3 is 0 Å². The lowest BCUT2D eigenvalue weighted by atomic mass is 9.82. The molecule has 0 radical (unpaired) electrons. The van der Waals surface area contributed by atoms with E-state index >= 15 is 0 Å². The van der Waals surface area contributed by atoms with Crippen molar-refractivity contribution in [2.75, 3.05) is 19.5 Å². The van der Waals surface area contributed by atoms with Crippen LogP contribution in [0.15, 0.2) is 29.2 Å². The molecule has 1 aromatic carbocycles. The average Bonchev–Trinajstić information content (AvgIpc) is 2.52. The molecule has 0 N–H and O–H groups in total. The van der Waals surface area contributed by atoms with Gasteiger partial charge in [-0.05, 0) is 42.9 Å². The number of Topliss-reactive ketones (excluding diaryl/α,β-unsaturated/α-hetero) is 1. The topological polar surface area (TPSA) is 60.4 Å². The van der Waals surface area contributed by atoms with Crippen molar-refractivity contribution in [1.82, 2.24) is 0 Å². The average molecular weight is 324 g/mol. The van der Waals surface area contributed by atoms with E-state index in [0.29, 0.717) is 17.2 Å². The van der Waals surface area contributed by atoms with Crippen molar-refractivity contribution in [2.45, 2.75) is 43.4 Å². The second kappa shape index (κ2) is 7.38. The number of hydrogen-bond acceptors (Lipinski definition) is 4. The van der Waals surface area contributed by atoms with Gasteiger partial charge in [-0.15, -0.1) is 0 Å². The van der Waals surface area contributed by atoms with Crippen LogP contribution in [0.3, 0.4) is 0 Å². The molecule has 0 aliphatic carbocycles. The number of carbonyl (C=O) groups is 1. The standard InChI is InChI=1S/C17H24O4S/c1-3-17(18)16(12-13-8-10-21-11-9-13)14-4-6-15(7-5-14)22(2,19)20/h4-7,13,16H,3,8-12H2,1-2H3/t16-/m1/s1. The summed E-state index contributed by atoms with van der Waals surface area (Å²) >= 11 is 0. The number of carbonyl (C=O) groups excluding carboxylic acids is 1. The summed E-state index contributed by atoms with van der Waals surface area (Å²) in [6, 6.07) is 6.77. The van der Waals surface area contributed by atoms with Gasteiger partial charge in [0.05, 0.1) is 4.90 Å². The Bertz CT molecular complexity index is 598. The number of sulfone groups is 1. The molecule has 0 aromatic heterocycles. The Morgan fingerprint density at radius 2 is 1.82 bits per heavy atom. The van der Waals surface area contributed by atoms with E-state index in [1.165, 1.54) is 6.26 Å². The van der Waals surface area contributed by atoms with Gasteiger partial charge in [0, 0.05) is 31.8 Å². The molecular formula is C17H24O4S. The van der Waals surface area contributed by atoms with E-state index in [0.717, 1.165) is 38.0 Å². The van der Waals surface area contributed by atoms with E-state index in [4.69, 9.17) is 4.74 Å². The van der Waals surface area contributed by atoms with Crippen molar-refractivity contribution in [1.29, 1.82) is 0 Å². The van der Waals surface area contributed by atoms with Crippen molar-refractivity contribution in [3.63, 3.8) is 0 Å². The molecule has 0 saturated carbocycles. The van der Waals surface area contributed by atoms with Crippen LogP contribution < -0.4 is 0 Å². The van der Waals surface area contributed by atoms with Gasteiger partial charge in [0.15, 0.2) is 9.84 Å². The van der Waals surface area contributed by atoms with Gasteiger partial charge in [-0.3, -0.25) is 4.79 Å². The van der Waals surface area contributed by atoms with Crippen molar-refractivity contribution in [2.24, 2.45) is 5.92 Å². The highest BCUT2D eigenvalue weighted by atomic mass is 32.2. The van der Waals surface area contributed by atoms with Crippen molar-refractivity contribution in [3.8, 4) is 0 Å². The summed E-state index contributed by atoms with van der Waals surface area (Å²) in [6.45, 7) is 3.42. The first-order valence-corrected chi connectivity index (χ1v) is 9.71. The predicted octanol–water partition coefficient (Wildman–Crippen LogP) is 2.97. The van der Waals surface area contributed by atoms with E-state index in [-0.39, 0.29) is 11.7 Å². The molecule has 0 spiro atoms. The maximum absolute atomic E-state index is 12.3. The molecule has 4 nitrogen and oxygen atoms in total. The second-order valence-electron chi connectivity index (χ2n) is 6.01. The Kier molecular flexibility index (Phi) is 5.75. The minimum Gasteiger partial charge on any atom is -0.381 e. The fourth-order valence-corrected chi connectivity index (χ4v) is 3.59. The molecule has 0 amide bonds. The summed E-state index contributed by atoms with van der Waals surface area (Å²) in [6.07, 6.45) is 4.51. The first-order valence-electron chi connectivity index (χ1n) is 7.82.